The van der Waals surface area contributed by atoms with Gasteiger partial charge in [0.05, 0.1) is 11.3 Å². The third-order valence-electron chi connectivity index (χ3n) is 2.19. The Labute approximate surface area is 80.7 Å². The molecule has 4 heteroatoms. The standard InChI is InChI=1S/C10H9N3O/c11-5-1-2-7(13)10-8(14)4-3-6(12)9(5)10/h1-4,12H,11,13H2. The smallest absolute Gasteiger partial charge is 0.188 e. The van der Waals surface area contributed by atoms with Crippen LogP contribution in [0.5, 0.6) is 0 Å². The minimum atomic E-state index is -0.194. The first-order chi connectivity index (χ1) is 6.61. The van der Waals surface area contributed by atoms with Crippen molar-refractivity contribution in [3.8, 4) is 0 Å². The largest absolute Gasteiger partial charge is 0.398 e. The SMILES string of the molecule is N=C1C=CC(=O)c2c(N)ccc(N)c21. The molecule has 1 aliphatic rings. The highest BCUT2D eigenvalue weighted by atomic mass is 16.1. The van der Waals surface area contributed by atoms with Crippen LogP contribution >= 0.6 is 0 Å². The molecular weight excluding hydrogens is 178 g/mol. The van der Waals surface area contributed by atoms with Crippen molar-refractivity contribution < 1.29 is 4.79 Å². The topological polar surface area (TPSA) is 93.0 Å². The summed E-state index contributed by atoms with van der Waals surface area (Å²) in [5.41, 5.74) is 13.1. The summed E-state index contributed by atoms with van der Waals surface area (Å²) >= 11 is 0. The third kappa shape index (κ3) is 1.01. The van der Waals surface area contributed by atoms with Gasteiger partial charge in [-0.25, -0.2) is 0 Å². The Hall–Kier alpha value is -2.10. The minimum Gasteiger partial charge on any atom is -0.398 e. The van der Waals surface area contributed by atoms with Crippen LogP contribution < -0.4 is 11.5 Å². The van der Waals surface area contributed by atoms with Crippen molar-refractivity contribution in [2.24, 2.45) is 0 Å². The number of allylic oxidation sites excluding steroid dienone is 2. The molecule has 0 aromatic heterocycles. The summed E-state index contributed by atoms with van der Waals surface area (Å²) in [6.07, 6.45) is 2.76. The van der Waals surface area contributed by atoms with E-state index < -0.39 is 0 Å². The molecule has 5 N–H and O–H groups in total. The zero-order valence-corrected chi connectivity index (χ0v) is 7.37. The van der Waals surface area contributed by atoms with E-state index in [9.17, 15) is 4.79 Å². The molecule has 14 heavy (non-hydrogen) atoms. The van der Waals surface area contributed by atoms with E-state index >= 15 is 0 Å². The van der Waals surface area contributed by atoms with Gasteiger partial charge >= 0.3 is 0 Å². The van der Waals surface area contributed by atoms with Crippen LogP contribution in [0, 0.1) is 5.41 Å². The van der Waals surface area contributed by atoms with Gasteiger partial charge in [0.1, 0.15) is 0 Å². The van der Waals surface area contributed by atoms with Crippen molar-refractivity contribution in [1.29, 1.82) is 5.41 Å². The highest BCUT2D eigenvalue weighted by Crippen LogP contribution is 2.27. The molecule has 0 fully saturated rings. The second-order valence-electron chi connectivity index (χ2n) is 3.11. The summed E-state index contributed by atoms with van der Waals surface area (Å²) in [7, 11) is 0. The highest BCUT2D eigenvalue weighted by molar-refractivity contribution is 6.26. The predicted molar refractivity (Wildman–Crippen MR) is 55.6 cm³/mol. The lowest BCUT2D eigenvalue weighted by molar-refractivity contribution is 0.104. The zero-order valence-electron chi connectivity index (χ0n) is 7.37. The number of nitrogen functional groups attached to an aromatic ring is 2. The average Bonchev–Trinajstić information content (AvgIpc) is 2.16. The summed E-state index contributed by atoms with van der Waals surface area (Å²) in [6.45, 7) is 0. The van der Waals surface area contributed by atoms with E-state index in [0.717, 1.165) is 0 Å². The summed E-state index contributed by atoms with van der Waals surface area (Å²) in [6, 6.07) is 3.19. The van der Waals surface area contributed by atoms with Gasteiger partial charge in [0.2, 0.25) is 0 Å². The molecule has 0 bridgehead atoms. The molecule has 0 heterocycles. The molecule has 1 aromatic rings. The quantitative estimate of drug-likeness (QED) is 0.528. The van der Waals surface area contributed by atoms with Crippen molar-refractivity contribution in [3.63, 3.8) is 0 Å². The second-order valence-corrected chi connectivity index (χ2v) is 3.11. The van der Waals surface area contributed by atoms with Crippen LogP contribution in [0.25, 0.3) is 0 Å². The third-order valence-corrected chi connectivity index (χ3v) is 2.19. The van der Waals surface area contributed by atoms with Gasteiger partial charge in [0.25, 0.3) is 0 Å². The fraction of sp³-hybridized carbons (Fsp3) is 0. The van der Waals surface area contributed by atoms with Crippen molar-refractivity contribution in [2.45, 2.75) is 0 Å². The van der Waals surface area contributed by atoms with Gasteiger partial charge in [-0.1, -0.05) is 0 Å². The number of nitrogens with two attached hydrogens (primary N) is 2. The summed E-state index contributed by atoms with van der Waals surface area (Å²) in [4.78, 5) is 11.5. The number of hydrogen-bond acceptors (Lipinski definition) is 4. The van der Waals surface area contributed by atoms with Crippen molar-refractivity contribution in [2.75, 3.05) is 11.5 Å². The van der Waals surface area contributed by atoms with Crippen LogP contribution in [0.4, 0.5) is 11.4 Å². The number of ketones is 1. The lowest BCUT2D eigenvalue weighted by Gasteiger charge is -2.15. The average molecular weight is 187 g/mol. The molecule has 0 atom stereocenters. The van der Waals surface area contributed by atoms with E-state index in [-0.39, 0.29) is 11.5 Å². The first-order valence-electron chi connectivity index (χ1n) is 4.10. The number of carbonyl (C=O) groups excluding carboxylic acids is 1. The van der Waals surface area contributed by atoms with Crippen molar-refractivity contribution >= 4 is 22.9 Å². The van der Waals surface area contributed by atoms with E-state index in [0.29, 0.717) is 22.5 Å². The van der Waals surface area contributed by atoms with E-state index in [2.05, 4.69) is 0 Å². The first kappa shape index (κ1) is 8.50. The molecule has 0 radical (unpaired) electrons. The molecule has 2 rings (SSSR count). The lowest BCUT2D eigenvalue weighted by atomic mass is 9.91. The van der Waals surface area contributed by atoms with Crippen molar-refractivity contribution in [1.82, 2.24) is 0 Å². The minimum absolute atomic E-state index is 0.194. The first-order valence-corrected chi connectivity index (χ1v) is 4.10. The second kappa shape index (κ2) is 2.70. The number of nitrogens with one attached hydrogen (secondary N) is 1. The Bertz CT molecular complexity index is 432. The zero-order chi connectivity index (χ0) is 10.3. The molecule has 70 valence electrons. The van der Waals surface area contributed by atoms with E-state index in [1.54, 1.807) is 12.1 Å². The number of benzene rings is 1. The molecule has 4 nitrogen and oxygen atoms in total. The van der Waals surface area contributed by atoms with Gasteiger partial charge in [0.15, 0.2) is 5.78 Å². The number of rotatable bonds is 0. The van der Waals surface area contributed by atoms with Gasteiger partial charge in [-0.15, -0.1) is 0 Å². The van der Waals surface area contributed by atoms with Gasteiger partial charge in [0, 0.05) is 16.9 Å². The van der Waals surface area contributed by atoms with Crippen molar-refractivity contribution in [3.05, 3.63) is 35.4 Å². The lowest BCUT2D eigenvalue weighted by Crippen LogP contribution is -2.16. The van der Waals surface area contributed by atoms with Crippen LogP contribution in [0.15, 0.2) is 24.3 Å². The number of anilines is 2. The van der Waals surface area contributed by atoms with Crippen LogP contribution in [0.3, 0.4) is 0 Å². The van der Waals surface area contributed by atoms with Crippen LogP contribution in [-0.4, -0.2) is 11.5 Å². The fourth-order valence-corrected chi connectivity index (χ4v) is 1.52. The molecule has 0 unspecified atom stereocenters. The van der Waals surface area contributed by atoms with Gasteiger partial charge in [-0.3, -0.25) is 4.79 Å². The van der Waals surface area contributed by atoms with Crippen LogP contribution in [0.1, 0.15) is 15.9 Å². The molecule has 0 spiro atoms. The number of hydrogen-bond donors (Lipinski definition) is 3. The van der Waals surface area contributed by atoms with Gasteiger partial charge in [-0.05, 0) is 24.3 Å². The Kier molecular flexibility index (Phi) is 1.64. The Balaban J connectivity index is 2.83. The maximum Gasteiger partial charge on any atom is 0.188 e. The fourth-order valence-electron chi connectivity index (χ4n) is 1.52. The molecule has 1 aliphatic carbocycles. The maximum absolute atomic E-state index is 11.5. The monoisotopic (exact) mass is 187 g/mol. The predicted octanol–water partition coefficient (Wildman–Crippen LogP) is 0.971. The molecule has 0 saturated heterocycles. The maximum atomic E-state index is 11.5. The van der Waals surface area contributed by atoms with E-state index in [1.807, 2.05) is 0 Å². The number of carbonyl (C=O) groups is 1. The molecule has 0 amide bonds. The molecule has 0 saturated carbocycles. The summed E-state index contributed by atoms with van der Waals surface area (Å²) in [5, 5.41) is 7.62. The molecule has 1 aromatic carbocycles. The Morgan fingerprint density at radius 1 is 1.00 bits per heavy atom. The normalized spacial score (nSPS) is 14.3. The van der Waals surface area contributed by atoms with Crippen LogP contribution in [0.2, 0.25) is 0 Å². The Morgan fingerprint density at radius 3 is 2.14 bits per heavy atom. The summed E-state index contributed by atoms with van der Waals surface area (Å²) in [5.74, 6) is -0.194. The van der Waals surface area contributed by atoms with E-state index in [4.69, 9.17) is 16.9 Å². The van der Waals surface area contributed by atoms with E-state index in [1.165, 1.54) is 12.2 Å². The van der Waals surface area contributed by atoms with Crippen LogP contribution in [-0.2, 0) is 0 Å². The number of fused-ring (bicyclic) bond motifs is 1. The van der Waals surface area contributed by atoms with Gasteiger partial charge < -0.3 is 16.9 Å². The summed E-state index contributed by atoms with van der Waals surface area (Å²) < 4.78 is 0. The van der Waals surface area contributed by atoms with Gasteiger partial charge in [-0.2, -0.15) is 0 Å². The molecule has 0 aliphatic heterocycles. The Morgan fingerprint density at radius 2 is 1.57 bits per heavy atom. The molecular formula is C10H9N3O. The highest BCUT2D eigenvalue weighted by Gasteiger charge is 2.21.